The fourth-order valence-corrected chi connectivity index (χ4v) is 2.47. The third-order valence-corrected chi connectivity index (χ3v) is 3.61. The maximum atomic E-state index is 12.2. The number of aliphatic hydroxyl groups excluding tert-OH is 1. The van der Waals surface area contributed by atoms with Gasteiger partial charge in [-0.1, -0.05) is 6.92 Å². The van der Waals surface area contributed by atoms with Gasteiger partial charge in [-0.2, -0.15) is 0 Å². The Morgan fingerprint density at radius 3 is 2.76 bits per heavy atom. The third-order valence-electron chi connectivity index (χ3n) is 3.61. The minimum absolute atomic E-state index is 0.0393. The third kappa shape index (κ3) is 4.28. The van der Waals surface area contributed by atoms with Crippen molar-refractivity contribution >= 4 is 5.91 Å². The molecule has 1 saturated heterocycles. The minimum atomic E-state index is 0.0393. The van der Waals surface area contributed by atoms with Gasteiger partial charge in [-0.3, -0.25) is 4.79 Å². The Morgan fingerprint density at radius 1 is 1.53 bits per heavy atom. The van der Waals surface area contributed by atoms with E-state index in [-0.39, 0.29) is 18.6 Å². The lowest BCUT2D eigenvalue weighted by Crippen LogP contribution is -2.46. The quantitative estimate of drug-likeness (QED) is 0.756. The first-order valence-corrected chi connectivity index (χ1v) is 6.70. The fraction of sp³-hybridized carbons (Fsp3) is 0.923. The lowest BCUT2D eigenvalue weighted by molar-refractivity contribution is -0.134. The molecule has 0 saturated carbocycles. The molecule has 2 atom stereocenters. The molecule has 0 aromatic heterocycles. The number of aliphatic hydroxyl groups is 1. The number of amides is 1. The zero-order valence-electron chi connectivity index (χ0n) is 11.3. The van der Waals surface area contributed by atoms with E-state index < -0.39 is 0 Å². The topological polar surface area (TPSA) is 52.6 Å². The smallest absolute Gasteiger partial charge is 0.224 e. The van der Waals surface area contributed by atoms with E-state index in [4.69, 9.17) is 5.11 Å². The Hall–Kier alpha value is -0.610. The number of carbonyl (C=O) groups excluding carboxylic acids is 1. The van der Waals surface area contributed by atoms with Crippen LogP contribution in [0.25, 0.3) is 0 Å². The van der Waals surface area contributed by atoms with Crippen molar-refractivity contribution in [1.29, 1.82) is 0 Å². The first kappa shape index (κ1) is 14.5. The number of nitrogens with zero attached hydrogens (tertiary/aromatic N) is 1. The van der Waals surface area contributed by atoms with Crippen LogP contribution in [0.2, 0.25) is 0 Å². The Balaban J connectivity index is 2.50. The van der Waals surface area contributed by atoms with Crippen LogP contribution in [-0.4, -0.2) is 47.7 Å². The first-order valence-electron chi connectivity index (χ1n) is 6.70. The zero-order valence-corrected chi connectivity index (χ0v) is 11.3. The standard InChI is InChI=1S/C13H26N2O2/c1-10(2)15(7-8-16)13(17)9-12-11(3)5-4-6-14-12/h10-12,14,16H,4-9H2,1-3H3. The number of hydrogen-bond acceptors (Lipinski definition) is 3. The molecule has 100 valence electrons. The average Bonchev–Trinajstić information content (AvgIpc) is 2.28. The normalized spacial score (nSPS) is 25.0. The number of piperidine rings is 1. The number of carbonyl (C=O) groups is 1. The molecule has 17 heavy (non-hydrogen) atoms. The molecular weight excluding hydrogens is 216 g/mol. The highest BCUT2D eigenvalue weighted by atomic mass is 16.3. The summed E-state index contributed by atoms with van der Waals surface area (Å²) in [6.45, 7) is 7.69. The van der Waals surface area contributed by atoms with Gasteiger partial charge in [0.1, 0.15) is 0 Å². The summed E-state index contributed by atoms with van der Waals surface area (Å²) in [7, 11) is 0. The number of nitrogens with one attached hydrogen (secondary N) is 1. The van der Waals surface area contributed by atoms with Crippen LogP contribution < -0.4 is 5.32 Å². The maximum absolute atomic E-state index is 12.2. The SMILES string of the molecule is CC1CCCNC1CC(=O)N(CCO)C(C)C. The molecule has 0 spiro atoms. The van der Waals surface area contributed by atoms with E-state index in [1.807, 2.05) is 13.8 Å². The Kier molecular flexibility index (Phi) is 5.92. The zero-order chi connectivity index (χ0) is 12.8. The molecule has 4 heteroatoms. The van der Waals surface area contributed by atoms with E-state index in [9.17, 15) is 4.79 Å². The van der Waals surface area contributed by atoms with E-state index in [1.165, 1.54) is 12.8 Å². The molecule has 1 fully saturated rings. The molecule has 2 unspecified atom stereocenters. The van der Waals surface area contributed by atoms with Crippen LogP contribution in [0.1, 0.15) is 40.0 Å². The van der Waals surface area contributed by atoms with Crippen molar-refractivity contribution in [1.82, 2.24) is 10.2 Å². The van der Waals surface area contributed by atoms with Gasteiger partial charge in [0.2, 0.25) is 5.91 Å². The van der Waals surface area contributed by atoms with Gasteiger partial charge in [0, 0.05) is 25.0 Å². The van der Waals surface area contributed by atoms with Crippen molar-refractivity contribution in [3.8, 4) is 0 Å². The number of rotatable bonds is 5. The molecule has 0 radical (unpaired) electrons. The molecule has 1 aliphatic rings. The van der Waals surface area contributed by atoms with Gasteiger partial charge >= 0.3 is 0 Å². The first-order chi connectivity index (χ1) is 8.06. The monoisotopic (exact) mass is 242 g/mol. The minimum Gasteiger partial charge on any atom is -0.395 e. The van der Waals surface area contributed by atoms with Crippen LogP contribution in [0.5, 0.6) is 0 Å². The van der Waals surface area contributed by atoms with E-state index >= 15 is 0 Å². The summed E-state index contributed by atoms with van der Waals surface area (Å²) in [6, 6.07) is 0.463. The summed E-state index contributed by atoms with van der Waals surface area (Å²) in [5.41, 5.74) is 0. The second-order valence-electron chi connectivity index (χ2n) is 5.29. The van der Waals surface area contributed by atoms with E-state index in [1.54, 1.807) is 4.90 Å². The van der Waals surface area contributed by atoms with Gasteiger partial charge < -0.3 is 15.3 Å². The van der Waals surface area contributed by atoms with E-state index in [2.05, 4.69) is 12.2 Å². The summed E-state index contributed by atoms with van der Waals surface area (Å²) in [5.74, 6) is 0.719. The van der Waals surface area contributed by atoms with Gasteiger partial charge in [0.25, 0.3) is 0 Å². The molecule has 0 aromatic carbocycles. The van der Waals surface area contributed by atoms with Crippen molar-refractivity contribution in [2.24, 2.45) is 5.92 Å². The molecular formula is C13H26N2O2. The molecule has 1 heterocycles. The van der Waals surface area contributed by atoms with Crippen molar-refractivity contribution in [3.63, 3.8) is 0 Å². The highest BCUT2D eigenvalue weighted by Gasteiger charge is 2.26. The highest BCUT2D eigenvalue weighted by Crippen LogP contribution is 2.19. The molecule has 4 nitrogen and oxygen atoms in total. The van der Waals surface area contributed by atoms with Crippen molar-refractivity contribution in [2.75, 3.05) is 19.7 Å². The van der Waals surface area contributed by atoms with Gasteiger partial charge in [0.15, 0.2) is 0 Å². The second-order valence-corrected chi connectivity index (χ2v) is 5.29. The molecule has 0 aromatic rings. The second kappa shape index (κ2) is 6.97. The van der Waals surface area contributed by atoms with Crippen molar-refractivity contribution < 1.29 is 9.90 Å². The summed E-state index contributed by atoms with van der Waals surface area (Å²) in [5, 5.41) is 12.4. The fourth-order valence-electron chi connectivity index (χ4n) is 2.47. The summed E-state index contributed by atoms with van der Waals surface area (Å²) >= 11 is 0. The molecule has 1 aliphatic heterocycles. The molecule has 1 rings (SSSR count). The van der Waals surface area contributed by atoms with E-state index in [0.717, 1.165) is 6.54 Å². The van der Waals surface area contributed by atoms with Crippen LogP contribution in [0.3, 0.4) is 0 Å². The largest absolute Gasteiger partial charge is 0.395 e. The van der Waals surface area contributed by atoms with Crippen LogP contribution in [-0.2, 0) is 4.79 Å². The van der Waals surface area contributed by atoms with Crippen molar-refractivity contribution in [3.05, 3.63) is 0 Å². The van der Waals surface area contributed by atoms with Crippen LogP contribution in [0.15, 0.2) is 0 Å². The number of hydrogen-bond donors (Lipinski definition) is 2. The van der Waals surface area contributed by atoms with Gasteiger partial charge in [-0.25, -0.2) is 0 Å². The average molecular weight is 242 g/mol. The van der Waals surface area contributed by atoms with Gasteiger partial charge in [-0.05, 0) is 39.2 Å². The molecule has 0 aliphatic carbocycles. The molecule has 2 N–H and O–H groups in total. The van der Waals surface area contributed by atoms with Crippen LogP contribution in [0.4, 0.5) is 0 Å². The Labute approximate surface area is 104 Å². The predicted octanol–water partition coefficient (Wildman–Crippen LogP) is 0.994. The summed E-state index contributed by atoms with van der Waals surface area (Å²) in [4.78, 5) is 13.9. The van der Waals surface area contributed by atoms with Crippen molar-refractivity contribution in [2.45, 2.75) is 52.1 Å². The van der Waals surface area contributed by atoms with Crippen LogP contribution in [0, 0.1) is 5.92 Å². The lowest BCUT2D eigenvalue weighted by atomic mass is 9.90. The van der Waals surface area contributed by atoms with Crippen LogP contribution >= 0.6 is 0 Å². The summed E-state index contributed by atoms with van der Waals surface area (Å²) in [6.07, 6.45) is 2.96. The van der Waals surface area contributed by atoms with Gasteiger partial charge in [-0.15, -0.1) is 0 Å². The summed E-state index contributed by atoms with van der Waals surface area (Å²) < 4.78 is 0. The molecule has 1 amide bonds. The van der Waals surface area contributed by atoms with Gasteiger partial charge in [0.05, 0.1) is 6.61 Å². The van der Waals surface area contributed by atoms with E-state index in [0.29, 0.717) is 24.9 Å². The predicted molar refractivity (Wildman–Crippen MR) is 68.7 cm³/mol. The Morgan fingerprint density at radius 2 is 2.24 bits per heavy atom. The lowest BCUT2D eigenvalue weighted by Gasteiger charge is -2.33. The maximum Gasteiger partial charge on any atom is 0.224 e. The highest BCUT2D eigenvalue weighted by molar-refractivity contribution is 5.77. The molecule has 0 bridgehead atoms. The Bertz CT molecular complexity index is 244.